The van der Waals surface area contributed by atoms with Gasteiger partial charge >= 0.3 is 0 Å². The fourth-order valence-corrected chi connectivity index (χ4v) is 3.79. The molecule has 6 heteroatoms. The maximum atomic E-state index is 5.69. The summed E-state index contributed by atoms with van der Waals surface area (Å²) in [5, 5.41) is 0.653. The van der Waals surface area contributed by atoms with Crippen LogP contribution in [0, 0.1) is 6.92 Å². The second-order valence-corrected chi connectivity index (χ2v) is 6.51. The first kappa shape index (κ1) is 11.1. The molecule has 1 fully saturated rings. The predicted octanol–water partition coefficient (Wildman–Crippen LogP) is 2.86. The number of thiazole rings is 1. The van der Waals surface area contributed by atoms with E-state index in [0.29, 0.717) is 11.2 Å². The van der Waals surface area contributed by atoms with Crippen LogP contribution in [0.25, 0.3) is 0 Å². The molecule has 0 unspecified atom stereocenters. The lowest BCUT2D eigenvalue weighted by Gasteiger charge is -2.05. The van der Waals surface area contributed by atoms with E-state index in [2.05, 4.69) is 14.5 Å². The highest BCUT2D eigenvalue weighted by Crippen LogP contribution is 2.38. The van der Waals surface area contributed by atoms with Crippen LogP contribution in [0.5, 0.6) is 0 Å². The summed E-state index contributed by atoms with van der Waals surface area (Å²) in [7, 11) is 0. The number of thioether (sulfide) groups is 1. The van der Waals surface area contributed by atoms with Gasteiger partial charge in [0.25, 0.3) is 0 Å². The number of hydrogen-bond donors (Lipinski definition) is 1. The third kappa shape index (κ3) is 2.32. The average Bonchev–Trinajstić information content (AvgIpc) is 2.94. The molecule has 1 saturated carbocycles. The van der Waals surface area contributed by atoms with Crippen molar-refractivity contribution in [2.45, 2.75) is 35.8 Å². The molecule has 0 aromatic carbocycles. The number of aryl methyl sites for hydroxylation is 1. The van der Waals surface area contributed by atoms with Gasteiger partial charge in [0, 0.05) is 23.7 Å². The second kappa shape index (κ2) is 4.34. The molecule has 4 nitrogen and oxygen atoms in total. The van der Waals surface area contributed by atoms with Gasteiger partial charge in [-0.3, -0.25) is 0 Å². The van der Waals surface area contributed by atoms with Gasteiger partial charge < -0.3 is 10.3 Å². The van der Waals surface area contributed by atoms with E-state index < -0.39 is 0 Å². The number of rotatable bonds is 4. The maximum absolute atomic E-state index is 5.69. The third-order valence-corrected chi connectivity index (χ3v) is 5.19. The number of anilines is 1. The zero-order valence-electron chi connectivity index (χ0n) is 9.59. The first-order chi connectivity index (χ1) is 8.24. The smallest absolute Gasteiger partial charge is 0.181 e. The Morgan fingerprint density at radius 1 is 1.59 bits per heavy atom. The van der Waals surface area contributed by atoms with E-state index in [9.17, 15) is 0 Å². The number of aromatic nitrogens is 3. The number of hydrogen-bond acceptors (Lipinski definition) is 5. The van der Waals surface area contributed by atoms with Gasteiger partial charge in [-0.25, -0.2) is 9.97 Å². The summed E-state index contributed by atoms with van der Waals surface area (Å²) < 4.78 is 3.51. The molecular weight excluding hydrogens is 252 g/mol. The topological polar surface area (TPSA) is 56.7 Å². The first-order valence-corrected chi connectivity index (χ1v) is 7.40. The van der Waals surface area contributed by atoms with Crippen molar-refractivity contribution in [1.82, 2.24) is 14.5 Å². The molecule has 0 bridgehead atoms. The van der Waals surface area contributed by atoms with E-state index in [1.165, 1.54) is 22.7 Å². The lowest BCUT2D eigenvalue weighted by atomic mass is 10.5. The van der Waals surface area contributed by atoms with Gasteiger partial charge in [0.1, 0.15) is 0 Å². The molecule has 0 atom stereocenters. The minimum atomic E-state index is 0.653. The third-order valence-electron chi connectivity index (χ3n) is 2.81. The van der Waals surface area contributed by atoms with Crippen molar-refractivity contribution in [3.8, 4) is 0 Å². The molecule has 2 aromatic heterocycles. The van der Waals surface area contributed by atoms with E-state index in [1.807, 2.05) is 19.4 Å². The lowest BCUT2D eigenvalue weighted by molar-refractivity contribution is 0.714. The highest BCUT2D eigenvalue weighted by Gasteiger charge is 2.25. The van der Waals surface area contributed by atoms with Crippen molar-refractivity contribution < 1.29 is 0 Å². The van der Waals surface area contributed by atoms with Crippen LogP contribution in [-0.4, -0.2) is 14.5 Å². The summed E-state index contributed by atoms with van der Waals surface area (Å²) >= 11 is 3.37. The average molecular weight is 266 g/mol. The van der Waals surface area contributed by atoms with Crippen LogP contribution in [0.4, 0.5) is 5.13 Å². The molecule has 90 valence electrons. The van der Waals surface area contributed by atoms with Gasteiger partial charge in [-0.2, -0.15) is 0 Å². The zero-order valence-corrected chi connectivity index (χ0v) is 11.2. The first-order valence-electron chi connectivity index (χ1n) is 5.60. The van der Waals surface area contributed by atoms with Crippen LogP contribution in [0.2, 0.25) is 0 Å². The predicted molar refractivity (Wildman–Crippen MR) is 71.3 cm³/mol. The van der Waals surface area contributed by atoms with Crippen molar-refractivity contribution >= 4 is 28.2 Å². The largest absolute Gasteiger partial charge is 0.375 e. The molecule has 0 radical (unpaired) electrons. The molecule has 0 aliphatic heterocycles. The number of nitrogens with zero attached hydrogens (tertiary/aromatic N) is 3. The molecule has 1 aliphatic carbocycles. The van der Waals surface area contributed by atoms with Gasteiger partial charge in [-0.05, 0) is 19.8 Å². The molecule has 0 amide bonds. The van der Waals surface area contributed by atoms with E-state index in [-0.39, 0.29) is 0 Å². The van der Waals surface area contributed by atoms with Crippen LogP contribution >= 0.6 is 23.1 Å². The second-order valence-electron chi connectivity index (χ2n) is 4.24. The van der Waals surface area contributed by atoms with E-state index in [0.717, 1.165) is 11.4 Å². The Kier molecular flexibility index (Phi) is 2.84. The van der Waals surface area contributed by atoms with Gasteiger partial charge in [0.15, 0.2) is 5.13 Å². The summed E-state index contributed by atoms with van der Waals surface area (Å²) in [4.78, 5) is 8.47. The molecular formula is C11H14N4S2. The monoisotopic (exact) mass is 266 g/mol. The fourth-order valence-electron chi connectivity index (χ4n) is 1.80. The molecule has 2 N–H and O–H groups in total. The van der Waals surface area contributed by atoms with E-state index in [4.69, 9.17) is 5.73 Å². The summed E-state index contributed by atoms with van der Waals surface area (Å²) in [5.41, 5.74) is 8.03. The summed E-state index contributed by atoms with van der Waals surface area (Å²) in [6, 6.07) is 0.695. The minimum Gasteiger partial charge on any atom is -0.375 e. The van der Waals surface area contributed by atoms with Crippen molar-refractivity contribution in [3.05, 3.63) is 23.9 Å². The minimum absolute atomic E-state index is 0.653. The van der Waals surface area contributed by atoms with Crippen LogP contribution < -0.4 is 5.73 Å². The quantitative estimate of drug-likeness (QED) is 0.865. The van der Waals surface area contributed by atoms with Gasteiger partial charge in [-0.15, -0.1) is 11.8 Å². The van der Waals surface area contributed by atoms with Crippen LogP contribution in [0.1, 0.15) is 30.3 Å². The molecule has 2 aromatic rings. The number of nitrogen functional groups attached to an aromatic ring is 1. The molecule has 0 saturated heterocycles. The molecule has 2 heterocycles. The number of imidazole rings is 1. The van der Waals surface area contributed by atoms with Crippen LogP contribution in [-0.2, 0) is 5.75 Å². The molecule has 17 heavy (non-hydrogen) atoms. The highest BCUT2D eigenvalue weighted by molar-refractivity contribution is 8.00. The standard InChI is InChI=1S/C11H14N4S2/c1-7-10(17-11(12)14-7)16-5-9-4-13-6-15(9)8-2-3-8/h4,6,8H,2-3,5H2,1H3,(H2,12,14). The van der Waals surface area contributed by atoms with Crippen LogP contribution in [0.3, 0.4) is 0 Å². The SMILES string of the molecule is Cc1nc(N)sc1SCc1cncn1C1CC1. The zero-order chi connectivity index (χ0) is 11.8. The Labute approximate surface area is 108 Å². The van der Waals surface area contributed by atoms with Gasteiger partial charge in [0.05, 0.1) is 16.2 Å². The Morgan fingerprint density at radius 3 is 3.06 bits per heavy atom. The van der Waals surface area contributed by atoms with Crippen LogP contribution in [0.15, 0.2) is 16.7 Å². The Bertz CT molecular complexity index is 527. The Hall–Kier alpha value is -1.01. The summed E-state index contributed by atoms with van der Waals surface area (Å²) in [6.07, 6.45) is 6.49. The van der Waals surface area contributed by atoms with Gasteiger partial charge in [-0.1, -0.05) is 11.3 Å². The Morgan fingerprint density at radius 2 is 2.41 bits per heavy atom. The van der Waals surface area contributed by atoms with Crippen molar-refractivity contribution in [3.63, 3.8) is 0 Å². The van der Waals surface area contributed by atoms with E-state index in [1.54, 1.807) is 23.1 Å². The summed E-state index contributed by atoms with van der Waals surface area (Å²) in [6.45, 7) is 2.01. The summed E-state index contributed by atoms with van der Waals surface area (Å²) in [5.74, 6) is 0.943. The molecule has 1 aliphatic rings. The van der Waals surface area contributed by atoms with Crippen molar-refractivity contribution in [2.75, 3.05) is 5.73 Å². The van der Waals surface area contributed by atoms with Crippen molar-refractivity contribution in [1.29, 1.82) is 0 Å². The fraction of sp³-hybridized carbons (Fsp3) is 0.455. The number of nitrogens with two attached hydrogens (primary N) is 1. The normalized spacial score (nSPS) is 15.4. The Balaban J connectivity index is 1.71. The highest BCUT2D eigenvalue weighted by atomic mass is 32.2. The molecule has 3 rings (SSSR count). The van der Waals surface area contributed by atoms with Gasteiger partial charge in [0.2, 0.25) is 0 Å². The van der Waals surface area contributed by atoms with Crippen molar-refractivity contribution in [2.24, 2.45) is 0 Å². The lowest BCUT2D eigenvalue weighted by Crippen LogP contribution is -1.96. The molecule has 0 spiro atoms. The van der Waals surface area contributed by atoms with E-state index >= 15 is 0 Å². The maximum Gasteiger partial charge on any atom is 0.181 e.